The minimum atomic E-state index is -1.01. The molecule has 0 saturated carbocycles. The second-order valence-electron chi connectivity index (χ2n) is 5.06. The molecule has 0 spiro atoms. The molecule has 0 saturated heterocycles. The van der Waals surface area contributed by atoms with E-state index in [1.165, 1.54) is 6.07 Å². The third kappa shape index (κ3) is 2.08. The number of anilines is 1. The summed E-state index contributed by atoms with van der Waals surface area (Å²) in [5, 5.41) is 10.8. The van der Waals surface area contributed by atoms with Gasteiger partial charge in [-0.3, -0.25) is 0 Å². The van der Waals surface area contributed by atoms with E-state index < -0.39 is 5.60 Å². The van der Waals surface area contributed by atoms with Crippen LogP contribution in [0.15, 0.2) is 36.5 Å². The van der Waals surface area contributed by atoms with E-state index in [-0.39, 0.29) is 5.82 Å². The predicted octanol–water partition coefficient (Wildman–Crippen LogP) is 2.18. The maximum Gasteiger partial charge on any atom is 0.126 e. The molecule has 4 heteroatoms. The van der Waals surface area contributed by atoms with Gasteiger partial charge in [-0.15, -0.1) is 0 Å². The number of benzene rings is 1. The number of halogens is 1. The lowest BCUT2D eigenvalue weighted by atomic mass is 9.89. The van der Waals surface area contributed by atoms with Gasteiger partial charge in [0.05, 0.1) is 5.60 Å². The van der Waals surface area contributed by atoms with Gasteiger partial charge in [0.2, 0.25) is 0 Å². The lowest BCUT2D eigenvalue weighted by Crippen LogP contribution is -2.25. The Kier molecular flexibility index (Phi) is 2.75. The van der Waals surface area contributed by atoms with Crippen molar-refractivity contribution in [2.75, 3.05) is 5.73 Å². The van der Waals surface area contributed by atoms with Crippen LogP contribution in [0.3, 0.4) is 0 Å². The average Bonchev–Trinajstić information content (AvgIpc) is 2.69. The number of nitrogens with zero attached hydrogens (tertiary/aromatic N) is 1. The molecule has 0 bridgehead atoms. The number of nitrogens with two attached hydrogens (primary N) is 1. The van der Waals surface area contributed by atoms with E-state index in [4.69, 9.17) is 5.73 Å². The number of aromatic nitrogens is 1. The number of hydrogen-bond donors (Lipinski definition) is 2. The van der Waals surface area contributed by atoms with Crippen LogP contribution in [-0.4, -0.2) is 10.1 Å². The highest BCUT2D eigenvalue weighted by molar-refractivity contribution is 5.41. The number of nitrogen functional groups attached to an aromatic ring is 1. The van der Waals surface area contributed by atoms with Crippen LogP contribution in [0.4, 0.5) is 10.2 Å². The first-order valence-corrected chi connectivity index (χ1v) is 6.29. The molecule has 1 aliphatic rings. The average molecular weight is 258 g/mol. The van der Waals surface area contributed by atoms with Crippen molar-refractivity contribution in [1.29, 1.82) is 0 Å². The molecule has 3 N–H and O–H groups in total. The van der Waals surface area contributed by atoms with E-state index in [1.54, 1.807) is 24.4 Å². The van der Waals surface area contributed by atoms with Crippen LogP contribution >= 0.6 is 0 Å². The van der Waals surface area contributed by atoms with E-state index in [2.05, 4.69) is 4.98 Å². The second-order valence-corrected chi connectivity index (χ2v) is 5.06. The van der Waals surface area contributed by atoms with Crippen LogP contribution < -0.4 is 5.73 Å². The van der Waals surface area contributed by atoms with E-state index >= 15 is 0 Å². The van der Waals surface area contributed by atoms with E-state index in [9.17, 15) is 9.50 Å². The molecule has 2 aromatic rings. The summed E-state index contributed by atoms with van der Waals surface area (Å²) in [4.78, 5) is 3.93. The molecule has 0 fully saturated rings. The van der Waals surface area contributed by atoms with Crippen molar-refractivity contribution in [2.24, 2.45) is 0 Å². The van der Waals surface area contributed by atoms with Gasteiger partial charge in [0, 0.05) is 12.6 Å². The molecule has 1 unspecified atom stereocenters. The van der Waals surface area contributed by atoms with Gasteiger partial charge in [0.15, 0.2) is 0 Å². The smallest absolute Gasteiger partial charge is 0.126 e. The van der Waals surface area contributed by atoms with Gasteiger partial charge in [0.1, 0.15) is 11.6 Å². The highest BCUT2D eigenvalue weighted by atomic mass is 19.1. The topological polar surface area (TPSA) is 59.1 Å². The third-order valence-electron chi connectivity index (χ3n) is 3.75. The normalized spacial score (nSPS) is 21.4. The number of fused-ring (bicyclic) bond motifs is 1. The Balaban J connectivity index is 1.97. The maximum atomic E-state index is 13.7. The van der Waals surface area contributed by atoms with Crippen molar-refractivity contribution in [3.63, 3.8) is 0 Å². The van der Waals surface area contributed by atoms with Gasteiger partial charge >= 0.3 is 0 Å². The van der Waals surface area contributed by atoms with Crippen molar-refractivity contribution in [1.82, 2.24) is 4.98 Å². The Morgan fingerprint density at radius 2 is 2.21 bits per heavy atom. The zero-order chi connectivity index (χ0) is 13.5. The minimum absolute atomic E-state index is 0.234. The molecule has 3 rings (SSSR count). The Morgan fingerprint density at radius 1 is 1.37 bits per heavy atom. The van der Waals surface area contributed by atoms with Gasteiger partial charge in [0.25, 0.3) is 0 Å². The van der Waals surface area contributed by atoms with Crippen LogP contribution in [-0.2, 0) is 18.4 Å². The lowest BCUT2D eigenvalue weighted by molar-refractivity contribution is 0.0389. The first-order valence-electron chi connectivity index (χ1n) is 6.29. The maximum absolute atomic E-state index is 13.7. The zero-order valence-electron chi connectivity index (χ0n) is 10.4. The second kappa shape index (κ2) is 4.31. The minimum Gasteiger partial charge on any atom is -0.385 e. The molecule has 1 atom stereocenters. The fourth-order valence-corrected chi connectivity index (χ4v) is 2.84. The molecule has 1 aromatic carbocycles. The number of aliphatic hydroxyl groups is 1. The Labute approximate surface area is 110 Å². The number of rotatable bonds is 2. The van der Waals surface area contributed by atoms with Crippen LogP contribution in [0.25, 0.3) is 0 Å². The molecule has 0 aliphatic heterocycles. The standard InChI is InChI=1S/C15H15FN2O/c16-13-3-1-2-12-11(13)4-6-15(12,19)9-10-5-7-18-14(17)8-10/h1-3,5,7-8,19H,4,6,9H2,(H2,17,18). The summed E-state index contributed by atoms with van der Waals surface area (Å²) in [7, 11) is 0. The summed E-state index contributed by atoms with van der Waals surface area (Å²) >= 11 is 0. The molecule has 1 heterocycles. The summed E-state index contributed by atoms with van der Waals surface area (Å²) in [5.74, 6) is 0.196. The van der Waals surface area contributed by atoms with Gasteiger partial charge in [-0.25, -0.2) is 9.37 Å². The fourth-order valence-electron chi connectivity index (χ4n) is 2.84. The summed E-state index contributed by atoms with van der Waals surface area (Å²) in [6, 6.07) is 8.46. The summed E-state index contributed by atoms with van der Waals surface area (Å²) in [6.45, 7) is 0. The number of pyridine rings is 1. The van der Waals surface area contributed by atoms with Gasteiger partial charge in [-0.1, -0.05) is 12.1 Å². The SMILES string of the molecule is Nc1cc(CC2(O)CCc3c(F)cccc32)ccn1. The van der Waals surface area contributed by atoms with Crippen LogP contribution in [0, 0.1) is 5.82 Å². The Morgan fingerprint density at radius 3 is 3.00 bits per heavy atom. The van der Waals surface area contributed by atoms with Crippen LogP contribution in [0.2, 0.25) is 0 Å². The third-order valence-corrected chi connectivity index (χ3v) is 3.75. The fraction of sp³-hybridized carbons (Fsp3) is 0.267. The predicted molar refractivity (Wildman–Crippen MR) is 71.0 cm³/mol. The van der Waals surface area contributed by atoms with E-state index in [0.29, 0.717) is 36.2 Å². The first kappa shape index (κ1) is 12.1. The van der Waals surface area contributed by atoms with Crippen molar-refractivity contribution < 1.29 is 9.50 Å². The van der Waals surface area contributed by atoms with Crippen molar-refractivity contribution in [2.45, 2.75) is 24.9 Å². The Hall–Kier alpha value is -1.94. The van der Waals surface area contributed by atoms with Crippen LogP contribution in [0.5, 0.6) is 0 Å². The molecule has 0 amide bonds. The molecule has 19 heavy (non-hydrogen) atoms. The number of hydrogen-bond acceptors (Lipinski definition) is 3. The molecule has 1 aliphatic carbocycles. The van der Waals surface area contributed by atoms with Crippen molar-refractivity contribution in [3.05, 3.63) is 59.0 Å². The molecule has 1 aromatic heterocycles. The zero-order valence-corrected chi connectivity index (χ0v) is 10.4. The highest BCUT2D eigenvalue weighted by Gasteiger charge is 2.37. The monoisotopic (exact) mass is 258 g/mol. The Bertz CT molecular complexity index is 629. The van der Waals surface area contributed by atoms with Crippen molar-refractivity contribution in [3.8, 4) is 0 Å². The largest absolute Gasteiger partial charge is 0.385 e. The van der Waals surface area contributed by atoms with Gasteiger partial charge in [-0.2, -0.15) is 0 Å². The van der Waals surface area contributed by atoms with Crippen LogP contribution in [0.1, 0.15) is 23.1 Å². The molecular weight excluding hydrogens is 243 g/mol. The van der Waals surface area contributed by atoms with Gasteiger partial charge < -0.3 is 10.8 Å². The van der Waals surface area contributed by atoms with E-state index in [1.807, 2.05) is 6.07 Å². The summed E-state index contributed by atoms with van der Waals surface area (Å²) in [6.07, 6.45) is 3.15. The highest BCUT2D eigenvalue weighted by Crippen LogP contribution is 2.40. The molecule has 0 radical (unpaired) electrons. The van der Waals surface area contributed by atoms with Crippen molar-refractivity contribution >= 4 is 5.82 Å². The lowest BCUT2D eigenvalue weighted by Gasteiger charge is -2.24. The molecule has 98 valence electrons. The molecular formula is C15H15FN2O. The first-order chi connectivity index (χ1) is 9.08. The quantitative estimate of drug-likeness (QED) is 0.868. The summed E-state index contributed by atoms with van der Waals surface area (Å²) < 4.78 is 13.7. The van der Waals surface area contributed by atoms with E-state index in [0.717, 1.165) is 5.56 Å². The summed E-state index contributed by atoms with van der Waals surface area (Å²) in [5.41, 5.74) is 6.87. The molecule has 3 nitrogen and oxygen atoms in total. The van der Waals surface area contributed by atoms with Gasteiger partial charge in [-0.05, 0) is 47.7 Å².